The van der Waals surface area contributed by atoms with Crippen LogP contribution in [-0.2, 0) is 47.4 Å². The van der Waals surface area contributed by atoms with Crippen LogP contribution in [0.5, 0.6) is 0 Å². The minimum absolute atomic E-state index is 0.0105. The van der Waals surface area contributed by atoms with Crippen molar-refractivity contribution in [3.8, 4) is 0 Å². The van der Waals surface area contributed by atoms with Crippen LogP contribution in [0.1, 0.15) is 79.1 Å². The summed E-state index contributed by atoms with van der Waals surface area (Å²) in [5.74, 6) is 0.508. The summed E-state index contributed by atoms with van der Waals surface area (Å²) >= 11 is 0. The zero-order chi connectivity index (χ0) is 54.0. The monoisotopic (exact) mass is 1080 g/mol. The Labute approximate surface area is 434 Å². The van der Waals surface area contributed by atoms with Crippen molar-refractivity contribution in [3.05, 3.63) is 0 Å². The van der Waals surface area contributed by atoms with E-state index in [1.165, 1.54) is 0 Å². The van der Waals surface area contributed by atoms with E-state index in [2.05, 4.69) is 20.8 Å². The van der Waals surface area contributed by atoms with Crippen molar-refractivity contribution < 1.29 is 124 Å². The molecule has 0 aromatic carbocycles. The first kappa shape index (κ1) is 57.2. The highest BCUT2D eigenvalue weighted by molar-refractivity contribution is 5.21. The van der Waals surface area contributed by atoms with Gasteiger partial charge >= 0.3 is 0 Å². The summed E-state index contributed by atoms with van der Waals surface area (Å²) in [7, 11) is 0. The van der Waals surface area contributed by atoms with Crippen LogP contribution in [0, 0.1) is 46.3 Å². The third-order valence-corrected chi connectivity index (χ3v) is 20.2. The molecule has 0 bridgehead atoms. The van der Waals surface area contributed by atoms with Crippen molar-refractivity contribution in [2.24, 2.45) is 46.3 Å². The van der Waals surface area contributed by atoms with E-state index in [-0.39, 0.29) is 54.0 Å². The first-order valence-corrected chi connectivity index (χ1v) is 27.0. The van der Waals surface area contributed by atoms with Gasteiger partial charge in [0.05, 0.1) is 63.1 Å². The molecule has 10 aliphatic rings. The fourth-order valence-electron chi connectivity index (χ4n) is 15.9. The summed E-state index contributed by atoms with van der Waals surface area (Å²) in [6.07, 6.45) is -34.0. The standard InChI is InChI=1S/C50H82O25/c1-18-5-8-50(67-16-18)19(2)31-25(75-50)10-22-20-9-30(56)49(65)12-26(23(54)11-48(49,4)21(20)6-7-47(22,31)3)68-44-38(63)35(60)40(28(14-52)70-44)73-46-42(74-45-37(62)34(59)33(58)27(13-51)69-45)39(64)41(29(15-53)71-46)72-43-36(61)32(57)24(55)17-66-43/h18-46,51-65H,5-17H2,1-4H3. The number of rotatable bonds is 11. The lowest BCUT2D eigenvalue weighted by atomic mass is 9.42. The maximum absolute atomic E-state index is 12.8. The minimum atomic E-state index is -2.06. The van der Waals surface area contributed by atoms with Crippen LogP contribution < -0.4 is 0 Å². The van der Waals surface area contributed by atoms with Crippen LogP contribution >= 0.6 is 0 Å². The van der Waals surface area contributed by atoms with E-state index >= 15 is 0 Å². The number of aliphatic hydroxyl groups is 15. The van der Waals surface area contributed by atoms with Gasteiger partial charge in [-0.15, -0.1) is 0 Å². The number of hydrogen-bond donors (Lipinski definition) is 15. The first-order valence-electron chi connectivity index (χ1n) is 27.0. The van der Waals surface area contributed by atoms with Crippen LogP contribution in [0.25, 0.3) is 0 Å². The number of ether oxygens (including phenoxy) is 10. The van der Waals surface area contributed by atoms with Crippen molar-refractivity contribution >= 4 is 0 Å². The van der Waals surface area contributed by atoms with Crippen LogP contribution in [0.2, 0.25) is 0 Å². The van der Waals surface area contributed by atoms with Gasteiger partial charge in [-0.05, 0) is 73.5 Å². The van der Waals surface area contributed by atoms with E-state index in [0.29, 0.717) is 18.9 Å². The third-order valence-electron chi connectivity index (χ3n) is 20.2. The fourth-order valence-corrected chi connectivity index (χ4v) is 15.9. The third kappa shape index (κ3) is 9.39. The van der Waals surface area contributed by atoms with Crippen molar-refractivity contribution in [3.63, 3.8) is 0 Å². The second-order valence-electron chi connectivity index (χ2n) is 24.3. The minimum Gasteiger partial charge on any atom is -0.394 e. The largest absolute Gasteiger partial charge is 0.394 e. The summed E-state index contributed by atoms with van der Waals surface area (Å²) in [5.41, 5.74) is -2.82. The summed E-state index contributed by atoms with van der Waals surface area (Å²) in [4.78, 5) is 0. The van der Waals surface area contributed by atoms with Crippen molar-refractivity contribution in [2.75, 3.05) is 33.0 Å². The van der Waals surface area contributed by atoms with Crippen LogP contribution in [-0.4, -0.2) is 262 Å². The average Bonchev–Trinajstić information content (AvgIpc) is 3.84. The molecule has 25 nitrogen and oxygen atoms in total. The predicted octanol–water partition coefficient (Wildman–Crippen LogP) is -5.21. The van der Waals surface area contributed by atoms with Gasteiger partial charge in [0.1, 0.15) is 91.6 Å². The molecule has 0 amide bonds. The average molecular weight is 1080 g/mol. The molecule has 4 aliphatic carbocycles. The molecule has 6 heterocycles. The molecule has 10 fully saturated rings. The maximum Gasteiger partial charge on any atom is 0.187 e. The van der Waals surface area contributed by atoms with E-state index in [9.17, 15) is 76.6 Å². The molecule has 75 heavy (non-hydrogen) atoms. The number of fused-ring (bicyclic) bond motifs is 7. The zero-order valence-corrected chi connectivity index (χ0v) is 42.7. The van der Waals surface area contributed by atoms with E-state index < -0.39 is 178 Å². The molecule has 25 heteroatoms. The fraction of sp³-hybridized carbons (Fsp3) is 1.00. The van der Waals surface area contributed by atoms with Crippen molar-refractivity contribution in [1.29, 1.82) is 0 Å². The van der Waals surface area contributed by atoms with E-state index in [1.807, 2.05) is 6.92 Å². The molecule has 6 saturated heterocycles. The van der Waals surface area contributed by atoms with Gasteiger partial charge in [0.2, 0.25) is 0 Å². The molecule has 4 saturated carbocycles. The molecule has 10 rings (SSSR count). The zero-order valence-electron chi connectivity index (χ0n) is 42.7. The molecule has 0 aromatic rings. The van der Waals surface area contributed by atoms with E-state index in [4.69, 9.17) is 47.4 Å². The molecular weight excluding hydrogens is 1000 g/mol. The summed E-state index contributed by atoms with van der Waals surface area (Å²) < 4.78 is 60.3. The quantitative estimate of drug-likeness (QED) is 0.0860. The van der Waals surface area contributed by atoms with Gasteiger partial charge in [-0.3, -0.25) is 0 Å². The van der Waals surface area contributed by atoms with Crippen molar-refractivity contribution in [1.82, 2.24) is 0 Å². The normalized spacial score (nSPS) is 59.0. The Kier molecular flexibility index (Phi) is 16.3. The van der Waals surface area contributed by atoms with Crippen LogP contribution in [0.3, 0.4) is 0 Å². The summed E-state index contributed by atoms with van der Waals surface area (Å²) in [6, 6.07) is 0. The second-order valence-corrected chi connectivity index (χ2v) is 24.3. The highest BCUT2D eigenvalue weighted by Gasteiger charge is 2.73. The van der Waals surface area contributed by atoms with Gasteiger partial charge in [0.25, 0.3) is 0 Å². The lowest BCUT2D eigenvalue weighted by molar-refractivity contribution is -0.402. The Morgan fingerprint density at radius 2 is 1.15 bits per heavy atom. The first-order chi connectivity index (χ1) is 35.4. The number of hydrogen-bond acceptors (Lipinski definition) is 25. The molecule has 1 spiro atoms. The Morgan fingerprint density at radius 1 is 0.547 bits per heavy atom. The molecule has 33 atom stereocenters. The smallest absolute Gasteiger partial charge is 0.187 e. The predicted molar refractivity (Wildman–Crippen MR) is 246 cm³/mol. The number of aliphatic hydroxyl groups excluding tert-OH is 14. The Hall–Kier alpha value is -1.00. The highest BCUT2D eigenvalue weighted by Crippen LogP contribution is 2.72. The molecule has 33 unspecified atom stereocenters. The maximum atomic E-state index is 12.8. The van der Waals surface area contributed by atoms with Crippen LogP contribution in [0.15, 0.2) is 0 Å². The Morgan fingerprint density at radius 3 is 1.81 bits per heavy atom. The molecule has 432 valence electrons. The topological polar surface area (TPSA) is 396 Å². The second kappa shape index (κ2) is 21.4. The Balaban J connectivity index is 0.833. The van der Waals surface area contributed by atoms with E-state index in [0.717, 1.165) is 32.1 Å². The molecular formula is C50H82O25. The van der Waals surface area contributed by atoms with Crippen molar-refractivity contribution in [2.45, 2.75) is 232 Å². The summed E-state index contributed by atoms with van der Waals surface area (Å²) in [5, 5.41) is 166. The molecule has 15 N–H and O–H groups in total. The molecule has 0 aromatic heterocycles. The lowest BCUT2D eigenvalue weighted by Gasteiger charge is -2.66. The van der Waals surface area contributed by atoms with Crippen LogP contribution in [0.4, 0.5) is 0 Å². The van der Waals surface area contributed by atoms with Gasteiger partial charge in [-0.1, -0.05) is 27.7 Å². The Bertz CT molecular complexity index is 1950. The molecule has 6 aliphatic heterocycles. The van der Waals surface area contributed by atoms with Gasteiger partial charge < -0.3 is 124 Å². The summed E-state index contributed by atoms with van der Waals surface area (Å²) in [6.45, 7) is 6.17. The lowest BCUT2D eigenvalue weighted by Crippen LogP contribution is -2.71. The van der Waals surface area contributed by atoms with E-state index in [1.54, 1.807) is 0 Å². The van der Waals surface area contributed by atoms with Gasteiger partial charge in [0, 0.05) is 24.2 Å². The SMILES string of the molecule is CC1CCC2(OC1)OC1CC3C4CC(O)C5(O)CC(OC6OC(CO)C(OC7OC(CO)C(OC8OCC(O)C(O)C8O)C(O)C7OC7OC(CO)C(O)C(O)C7O)C(O)C6O)C(O)CC5(C)C4CCC3(C)C1C2C. The highest BCUT2D eigenvalue weighted by atomic mass is 16.8. The molecule has 0 radical (unpaired) electrons. The van der Waals surface area contributed by atoms with Gasteiger partial charge in [-0.2, -0.15) is 0 Å². The van der Waals surface area contributed by atoms with Gasteiger partial charge in [-0.25, -0.2) is 0 Å². The van der Waals surface area contributed by atoms with Gasteiger partial charge in [0.15, 0.2) is 30.9 Å².